The molecule has 3 aromatic carbocycles. The van der Waals surface area contributed by atoms with E-state index in [1.165, 1.54) is 6.08 Å². The van der Waals surface area contributed by atoms with Crippen molar-refractivity contribution < 1.29 is 23.9 Å². The lowest BCUT2D eigenvalue weighted by Crippen LogP contribution is -2.32. The highest BCUT2D eigenvalue weighted by Gasteiger charge is 2.35. The van der Waals surface area contributed by atoms with Crippen LogP contribution < -0.4 is 14.8 Å². The number of carbonyl (C=O) groups is 3. The number of imide groups is 1. The fraction of sp³-hybridized carbons (Fsp3) is 0.148. The monoisotopic (exact) mass is 590 g/mol. The van der Waals surface area contributed by atoms with Gasteiger partial charge in [-0.25, -0.2) is 0 Å². The van der Waals surface area contributed by atoms with Gasteiger partial charge in [0.25, 0.3) is 17.1 Å². The maximum absolute atomic E-state index is 12.9. The van der Waals surface area contributed by atoms with Crippen molar-refractivity contribution in [3.8, 4) is 11.5 Å². The minimum absolute atomic E-state index is 0.0761. The molecule has 0 bridgehead atoms. The highest BCUT2D eigenvalue weighted by Crippen LogP contribution is 2.35. The Kier molecular flexibility index (Phi) is 9.22. The van der Waals surface area contributed by atoms with Crippen LogP contribution in [0.3, 0.4) is 0 Å². The SMILES string of the molecule is Cc1ccc(NC(=O)COc2ccc(Cl)cc2/C=C2\SC(=O)N(CCOc3ccc(Cl)cc3)C2=O)cc1Cl. The van der Waals surface area contributed by atoms with Gasteiger partial charge >= 0.3 is 0 Å². The Morgan fingerprint density at radius 1 is 0.974 bits per heavy atom. The number of rotatable bonds is 9. The Morgan fingerprint density at radius 2 is 1.71 bits per heavy atom. The maximum atomic E-state index is 12.9. The fourth-order valence-electron chi connectivity index (χ4n) is 3.39. The lowest BCUT2D eigenvalue weighted by Gasteiger charge is -2.13. The molecule has 4 rings (SSSR count). The van der Waals surface area contributed by atoms with Crippen molar-refractivity contribution in [1.29, 1.82) is 0 Å². The third kappa shape index (κ3) is 7.23. The van der Waals surface area contributed by atoms with Gasteiger partial charge in [-0.1, -0.05) is 40.9 Å². The largest absolute Gasteiger partial charge is 0.492 e. The molecule has 1 aliphatic rings. The van der Waals surface area contributed by atoms with Gasteiger partial charge in [-0.3, -0.25) is 19.3 Å². The third-order valence-electron chi connectivity index (χ3n) is 5.34. The van der Waals surface area contributed by atoms with Crippen molar-refractivity contribution in [2.24, 2.45) is 0 Å². The number of nitrogens with one attached hydrogen (secondary N) is 1. The number of halogens is 3. The molecule has 7 nitrogen and oxygen atoms in total. The molecular weight excluding hydrogens is 571 g/mol. The number of amides is 3. The van der Waals surface area contributed by atoms with Crippen molar-refractivity contribution >= 4 is 75.4 Å². The summed E-state index contributed by atoms with van der Waals surface area (Å²) in [4.78, 5) is 39.1. The molecule has 1 heterocycles. The normalized spacial score (nSPS) is 14.2. The molecule has 0 atom stereocenters. The first-order valence-corrected chi connectivity index (χ1v) is 13.3. The summed E-state index contributed by atoms with van der Waals surface area (Å²) in [6.07, 6.45) is 1.52. The van der Waals surface area contributed by atoms with E-state index in [4.69, 9.17) is 44.3 Å². The van der Waals surface area contributed by atoms with E-state index in [0.29, 0.717) is 37.8 Å². The van der Waals surface area contributed by atoms with Crippen LogP contribution >= 0.6 is 46.6 Å². The summed E-state index contributed by atoms with van der Waals surface area (Å²) in [5.41, 5.74) is 1.89. The van der Waals surface area contributed by atoms with Gasteiger partial charge in [0.05, 0.1) is 11.4 Å². The summed E-state index contributed by atoms with van der Waals surface area (Å²) in [6.45, 7) is 1.77. The molecule has 11 heteroatoms. The summed E-state index contributed by atoms with van der Waals surface area (Å²) in [6, 6.07) is 16.7. The minimum Gasteiger partial charge on any atom is -0.492 e. The van der Waals surface area contributed by atoms with Crippen LogP contribution in [0.5, 0.6) is 11.5 Å². The Labute approximate surface area is 238 Å². The van der Waals surface area contributed by atoms with Gasteiger partial charge < -0.3 is 14.8 Å². The van der Waals surface area contributed by atoms with Gasteiger partial charge in [-0.2, -0.15) is 0 Å². The van der Waals surface area contributed by atoms with E-state index in [2.05, 4.69) is 5.32 Å². The first-order chi connectivity index (χ1) is 18.2. The van der Waals surface area contributed by atoms with Crippen molar-refractivity contribution in [3.05, 3.63) is 91.8 Å². The number of anilines is 1. The van der Waals surface area contributed by atoms with E-state index in [1.807, 2.05) is 6.92 Å². The number of aryl methyl sites for hydroxylation is 1. The molecule has 1 N–H and O–H groups in total. The predicted octanol–water partition coefficient (Wildman–Crippen LogP) is 7.09. The lowest BCUT2D eigenvalue weighted by molar-refractivity contribution is -0.123. The van der Waals surface area contributed by atoms with Crippen LogP contribution in [0.25, 0.3) is 6.08 Å². The molecule has 0 saturated carbocycles. The number of thioether (sulfide) groups is 1. The zero-order valence-corrected chi connectivity index (χ0v) is 23.1. The van der Waals surface area contributed by atoms with E-state index in [0.717, 1.165) is 22.2 Å². The average Bonchev–Trinajstić information content (AvgIpc) is 3.14. The van der Waals surface area contributed by atoms with E-state index in [-0.39, 0.29) is 24.7 Å². The van der Waals surface area contributed by atoms with Gasteiger partial charge in [0.15, 0.2) is 6.61 Å². The summed E-state index contributed by atoms with van der Waals surface area (Å²) in [5, 5.41) is 3.82. The highest BCUT2D eigenvalue weighted by atomic mass is 35.5. The van der Waals surface area contributed by atoms with Crippen LogP contribution in [-0.2, 0) is 9.59 Å². The van der Waals surface area contributed by atoms with Gasteiger partial charge in [0.1, 0.15) is 18.1 Å². The van der Waals surface area contributed by atoms with Crippen LogP contribution in [0.15, 0.2) is 65.6 Å². The first kappa shape index (κ1) is 27.9. The minimum atomic E-state index is -0.459. The predicted molar refractivity (Wildman–Crippen MR) is 151 cm³/mol. The van der Waals surface area contributed by atoms with E-state index < -0.39 is 17.1 Å². The number of hydrogen-bond donors (Lipinski definition) is 1. The first-order valence-electron chi connectivity index (χ1n) is 11.3. The van der Waals surface area contributed by atoms with Gasteiger partial charge in [-0.15, -0.1) is 0 Å². The molecule has 0 spiro atoms. The molecule has 1 fully saturated rings. The van der Waals surface area contributed by atoms with Crippen LogP contribution in [0.2, 0.25) is 15.1 Å². The molecule has 3 amide bonds. The average molecular weight is 592 g/mol. The molecule has 0 aromatic heterocycles. The van der Waals surface area contributed by atoms with Gasteiger partial charge in [-0.05, 0) is 84.9 Å². The second-order valence-electron chi connectivity index (χ2n) is 8.12. The summed E-state index contributed by atoms with van der Waals surface area (Å²) < 4.78 is 11.3. The molecule has 1 aliphatic heterocycles. The molecule has 1 saturated heterocycles. The Bertz CT molecular complexity index is 1410. The van der Waals surface area contributed by atoms with Crippen molar-refractivity contribution in [3.63, 3.8) is 0 Å². The van der Waals surface area contributed by atoms with Crippen LogP contribution in [0, 0.1) is 6.92 Å². The van der Waals surface area contributed by atoms with E-state index in [9.17, 15) is 14.4 Å². The second kappa shape index (κ2) is 12.6. The smallest absolute Gasteiger partial charge is 0.293 e. The lowest BCUT2D eigenvalue weighted by atomic mass is 10.2. The Hall–Kier alpha value is -3.17. The number of hydrogen-bond acceptors (Lipinski definition) is 6. The zero-order chi connectivity index (χ0) is 27.2. The summed E-state index contributed by atoms with van der Waals surface area (Å²) >= 11 is 18.9. The van der Waals surface area contributed by atoms with Crippen LogP contribution in [0.4, 0.5) is 10.5 Å². The molecule has 0 unspecified atom stereocenters. The van der Waals surface area contributed by atoms with Gasteiger partial charge in [0, 0.05) is 26.3 Å². The number of ether oxygens (including phenoxy) is 2. The van der Waals surface area contributed by atoms with E-state index in [1.54, 1.807) is 60.7 Å². The molecule has 0 aliphatic carbocycles. The highest BCUT2D eigenvalue weighted by molar-refractivity contribution is 8.18. The Balaban J connectivity index is 1.39. The molecule has 196 valence electrons. The second-order valence-corrected chi connectivity index (χ2v) is 10.4. The fourth-order valence-corrected chi connectivity index (χ4v) is 4.74. The summed E-state index contributed by atoms with van der Waals surface area (Å²) in [5.74, 6) is 0.0444. The quantitative estimate of drug-likeness (QED) is 0.268. The zero-order valence-electron chi connectivity index (χ0n) is 20.0. The van der Waals surface area contributed by atoms with Crippen LogP contribution in [0.1, 0.15) is 11.1 Å². The van der Waals surface area contributed by atoms with Crippen molar-refractivity contribution in [2.45, 2.75) is 6.92 Å². The molecular formula is C27H21Cl3N2O5S. The number of benzene rings is 3. The third-order valence-corrected chi connectivity index (χ3v) is 7.15. The number of nitrogens with zero attached hydrogens (tertiary/aromatic N) is 1. The molecule has 3 aromatic rings. The van der Waals surface area contributed by atoms with Gasteiger partial charge in [0.2, 0.25) is 0 Å². The van der Waals surface area contributed by atoms with E-state index >= 15 is 0 Å². The Morgan fingerprint density at radius 3 is 2.45 bits per heavy atom. The van der Waals surface area contributed by atoms with Crippen molar-refractivity contribution in [2.75, 3.05) is 25.1 Å². The topological polar surface area (TPSA) is 84.9 Å². The number of carbonyl (C=O) groups excluding carboxylic acids is 3. The molecule has 38 heavy (non-hydrogen) atoms. The standard InChI is InChI=1S/C27H21Cl3N2O5S/c1-16-2-6-20(14-22(16)30)31-25(33)15-37-23-9-5-19(29)12-17(23)13-24-26(34)32(27(35)38-24)10-11-36-21-7-3-18(28)4-8-21/h2-9,12-14H,10-11,15H2,1H3,(H,31,33)/b24-13-. The molecule has 0 radical (unpaired) electrons. The van der Waals surface area contributed by atoms with Crippen LogP contribution in [-0.4, -0.2) is 41.7 Å². The maximum Gasteiger partial charge on any atom is 0.293 e. The van der Waals surface area contributed by atoms with Crippen molar-refractivity contribution in [1.82, 2.24) is 4.90 Å². The summed E-state index contributed by atoms with van der Waals surface area (Å²) in [7, 11) is 0.